The third-order valence-corrected chi connectivity index (χ3v) is 4.93. The summed E-state index contributed by atoms with van der Waals surface area (Å²) in [5, 5.41) is 10.8. The van der Waals surface area contributed by atoms with Gasteiger partial charge in [-0.05, 0) is 31.2 Å². The Bertz CT molecular complexity index is 921. The standard InChI is InChI=1S/C20H21N3O6/c1-13-19(24)22(14-7-9-15(10-8-14)23(26)27)12-11-21(13)20(25)18-16(28-2)5-4-6-17(18)29-3/h4-10,13H,11-12H2,1-3H3. The highest BCUT2D eigenvalue weighted by molar-refractivity contribution is 6.05. The Morgan fingerprint density at radius 2 is 1.66 bits per heavy atom. The fourth-order valence-electron chi connectivity index (χ4n) is 3.36. The van der Waals surface area contributed by atoms with Gasteiger partial charge in [-0.3, -0.25) is 19.7 Å². The van der Waals surface area contributed by atoms with Crippen molar-refractivity contribution in [2.24, 2.45) is 0 Å². The molecular formula is C20H21N3O6. The Labute approximate surface area is 167 Å². The van der Waals surface area contributed by atoms with Crippen LogP contribution in [0.2, 0.25) is 0 Å². The lowest BCUT2D eigenvalue weighted by Crippen LogP contribution is -2.57. The van der Waals surface area contributed by atoms with Crippen molar-refractivity contribution in [1.29, 1.82) is 0 Å². The lowest BCUT2D eigenvalue weighted by molar-refractivity contribution is -0.384. The molecule has 1 aliphatic heterocycles. The molecule has 1 fully saturated rings. The van der Waals surface area contributed by atoms with Crippen molar-refractivity contribution < 1.29 is 24.0 Å². The number of nitro benzene ring substituents is 1. The Kier molecular flexibility index (Phi) is 5.67. The van der Waals surface area contributed by atoms with E-state index in [0.29, 0.717) is 23.7 Å². The zero-order valence-corrected chi connectivity index (χ0v) is 16.3. The minimum atomic E-state index is -0.721. The molecule has 1 heterocycles. The molecule has 2 aromatic rings. The van der Waals surface area contributed by atoms with E-state index in [2.05, 4.69) is 0 Å². The number of carbonyl (C=O) groups is 2. The van der Waals surface area contributed by atoms with Crippen molar-refractivity contribution in [1.82, 2.24) is 4.90 Å². The van der Waals surface area contributed by atoms with E-state index in [9.17, 15) is 19.7 Å². The number of hydrogen-bond donors (Lipinski definition) is 0. The van der Waals surface area contributed by atoms with Crippen molar-refractivity contribution in [2.45, 2.75) is 13.0 Å². The molecule has 0 aliphatic carbocycles. The van der Waals surface area contributed by atoms with Gasteiger partial charge in [0.05, 0.1) is 19.1 Å². The Morgan fingerprint density at radius 1 is 1.07 bits per heavy atom. The third kappa shape index (κ3) is 3.71. The van der Waals surface area contributed by atoms with Gasteiger partial charge in [0.25, 0.3) is 11.6 Å². The van der Waals surface area contributed by atoms with E-state index in [-0.39, 0.29) is 29.6 Å². The van der Waals surface area contributed by atoms with Crippen LogP contribution in [-0.4, -0.2) is 55.0 Å². The number of piperazine rings is 1. The number of non-ortho nitro benzene ring substituents is 1. The minimum absolute atomic E-state index is 0.0497. The monoisotopic (exact) mass is 399 g/mol. The molecule has 9 nitrogen and oxygen atoms in total. The molecule has 152 valence electrons. The molecular weight excluding hydrogens is 378 g/mol. The number of anilines is 1. The summed E-state index contributed by atoms with van der Waals surface area (Å²) in [6.45, 7) is 2.22. The SMILES string of the molecule is COc1cccc(OC)c1C(=O)N1CCN(c2ccc([N+](=O)[O-])cc2)C(=O)C1C. The lowest BCUT2D eigenvalue weighted by Gasteiger charge is -2.39. The van der Waals surface area contributed by atoms with E-state index in [1.165, 1.54) is 48.3 Å². The Morgan fingerprint density at radius 3 is 2.17 bits per heavy atom. The summed E-state index contributed by atoms with van der Waals surface area (Å²) in [7, 11) is 2.93. The van der Waals surface area contributed by atoms with E-state index >= 15 is 0 Å². The van der Waals surface area contributed by atoms with Gasteiger partial charge >= 0.3 is 0 Å². The average molecular weight is 399 g/mol. The van der Waals surface area contributed by atoms with Gasteiger partial charge in [0.15, 0.2) is 0 Å². The third-order valence-electron chi connectivity index (χ3n) is 4.93. The highest BCUT2D eigenvalue weighted by atomic mass is 16.6. The molecule has 29 heavy (non-hydrogen) atoms. The first kappa shape index (κ1) is 20.1. The molecule has 1 aliphatic rings. The summed E-state index contributed by atoms with van der Waals surface area (Å²) in [4.78, 5) is 39.5. The van der Waals surface area contributed by atoms with E-state index in [4.69, 9.17) is 9.47 Å². The Hall–Kier alpha value is -3.62. The van der Waals surface area contributed by atoms with Crippen LogP contribution in [0.25, 0.3) is 0 Å². The van der Waals surface area contributed by atoms with Gasteiger partial charge < -0.3 is 19.3 Å². The second-order valence-electron chi connectivity index (χ2n) is 6.48. The molecule has 0 bridgehead atoms. The predicted octanol–water partition coefficient (Wildman–Crippen LogP) is 2.49. The predicted molar refractivity (Wildman–Crippen MR) is 105 cm³/mol. The number of amides is 2. The quantitative estimate of drug-likeness (QED) is 0.565. The van der Waals surface area contributed by atoms with Crippen LogP contribution in [0.4, 0.5) is 11.4 Å². The normalized spacial score (nSPS) is 16.5. The number of benzene rings is 2. The van der Waals surface area contributed by atoms with Gasteiger partial charge in [-0.25, -0.2) is 0 Å². The van der Waals surface area contributed by atoms with E-state index in [1.807, 2.05) is 0 Å². The van der Waals surface area contributed by atoms with Crippen LogP contribution in [0.3, 0.4) is 0 Å². The number of ether oxygens (including phenoxy) is 2. The van der Waals surface area contributed by atoms with Crippen molar-refractivity contribution >= 4 is 23.2 Å². The highest BCUT2D eigenvalue weighted by Gasteiger charge is 2.37. The van der Waals surface area contributed by atoms with Crippen LogP contribution in [0, 0.1) is 10.1 Å². The zero-order valence-electron chi connectivity index (χ0n) is 16.3. The van der Waals surface area contributed by atoms with Gasteiger partial charge in [0.2, 0.25) is 5.91 Å². The van der Waals surface area contributed by atoms with Gasteiger partial charge in [-0.1, -0.05) is 6.07 Å². The number of methoxy groups -OCH3 is 2. The molecule has 0 aromatic heterocycles. The van der Waals surface area contributed by atoms with Crippen LogP contribution in [0.1, 0.15) is 17.3 Å². The van der Waals surface area contributed by atoms with E-state index in [0.717, 1.165) is 0 Å². The van der Waals surface area contributed by atoms with Gasteiger partial charge in [-0.15, -0.1) is 0 Å². The number of nitrogens with zero attached hydrogens (tertiary/aromatic N) is 3. The summed E-state index contributed by atoms with van der Waals surface area (Å²) in [6, 6.07) is 10.1. The average Bonchev–Trinajstić information content (AvgIpc) is 2.74. The second kappa shape index (κ2) is 8.17. The summed E-state index contributed by atoms with van der Waals surface area (Å²) >= 11 is 0. The molecule has 0 N–H and O–H groups in total. The first-order valence-corrected chi connectivity index (χ1v) is 8.96. The van der Waals surface area contributed by atoms with Gasteiger partial charge in [0.1, 0.15) is 23.1 Å². The van der Waals surface area contributed by atoms with Gasteiger partial charge in [0, 0.05) is 30.9 Å². The summed E-state index contributed by atoms with van der Waals surface area (Å²) < 4.78 is 10.6. The highest BCUT2D eigenvalue weighted by Crippen LogP contribution is 2.31. The molecule has 9 heteroatoms. The van der Waals surface area contributed by atoms with E-state index < -0.39 is 11.0 Å². The van der Waals surface area contributed by atoms with Crippen LogP contribution >= 0.6 is 0 Å². The molecule has 0 spiro atoms. The van der Waals surface area contributed by atoms with Crippen molar-refractivity contribution in [3.8, 4) is 11.5 Å². The molecule has 1 atom stereocenters. The largest absolute Gasteiger partial charge is 0.496 e. The molecule has 0 radical (unpaired) electrons. The van der Waals surface area contributed by atoms with Gasteiger partial charge in [-0.2, -0.15) is 0 Å². The van der Waals surface area contributed by atoms with Crippen LogP contribution in [-0.2, 0) is 4.79 Å². The second-order valence-corrected chi connectivity index (χ2v) is 6.48. The van der Waals surface area contributed by atoms with Crippen molar-refractivity contribution in [3.63, 3.8) is 0 Å². The van der Waals surface area contributed by atoms with Crippen LogP contribution in [0.5, 0.6) is 11.5 Å². The van der Waals surface area contributed by atoms with Crippen molar-refractivity contribution in [3.05, 3.63) is 58.1 Å². The molecule has 2 amide bonds. The molecule has 0 saturated carbocycles. The van der Waals surface area contributed by atoms with Crippen LogP contribution in [0.15, 0.2) is 42.5 Å². The Balaban J connectivity index is 1.85. The maximum absolute atomic E-state index is 13.2. The first-order chi connectivity index (χ1) is 13.9. The molecule has 2 aromatic carbocycles. The number of hydrogen-bond acceptors (Lipinski definition) is 6. The van der Waals surface area contributed by atoms with E-state index in [1.54, 1.807) is 25.1 Å². The summed E-state index contributed by atoms with van der Waals surface area (Å²) in [5.74, 6) is 0.106. The number of rotatable bonds is 5. The summed E-state index contributed by atoms with van der Waals surface area (Å²) in [5.41, 5.74) is 0.765. The first-order valence-electron chi connectivity index (χ1n) is 8.96. The molecule has 1 unspecified atom stereocenters. The lowest BCUT2D eigenvalue weighted by atomic mass is 10.1. The molecule has 1 saturated heterocycles. The number of carbonyl (C=O) groups excluding carboxylic acids is 2. The maximum atomic E-state index is 13.2. The fourth-order valence-corrected chi connectivity index (χ4v) is 3.36. The maximum Gasteiger partial charge on any atom is 0.269 e. The zero-order chi connectivity index (χ0) is 21.1. The van der Waals surface area contributed by atoms with Crippen LogP contribution < -0.4 is 14.4 Å². The molecule has 3 rings (SSSR count). The topological polar surface area (TPSA) is 102 Å². The smallest absolute Gasteiger partial charge is 0.269 e. The van der Waals surface area contributed by atoms with Crippen molar-refractivity contribution in [2.75, 3.05) is 32.2 Å². The fraction of sp³-hybridized carbons (Fsp3) is 0.300. The summed E-state index contributed by atoms with van der Waals surface area (Å²) in [6.07, 6.45) is 0. The number of nitro groups is 1. The minimum Gasteiger partial charge on any atom is -0.496 e.